The maximum Gasteiger partial charge on any atom is 0.243 e. The highest BCUT2D eigenvalue weighted by molar-refractivity contribution is 7.89. The molecule has 7 nitrogen and oxygen atoms in total. The van der Waals surface area contributed by atoms with Crippen LogP contribution in [-0.4, -0.2) is 51.5 Å². The molecule has 8 heteroatoms. The molecule has 1 amide bonds. The molecule has 2 aromatic carbocycles. The molecule has 0 aromatic heterocycles. The fraction of sp³-hybridized carbons (Fsp3) is 0.519. The topological polar surface area (TPSA) is 84.9 Å². The minimum absolute atomic E-state index is 0.0618. The van der Waals surface area contributed by atoms with Crippen LogP contribution in [0.15, 0.2) is 47.4 Å². The number of ether oxygens (including phenoxy) is 2. The molecule has 0 saturated carbocycles. The van der Waals surface area contributed by atoms with Crippen molar-refractivity contribution in [3.05, 3.63) is 53.6 Å². The molecule has 1 fully saturated rings. The van der Waals surface area contributed by atoms with E-state index in [0.29, 0.717) is 31.8 Å². The number of nitrogens with zero attached hydrogens (tertiary/aromatic N) is 1. The summed E-state index contributed by atoms with van der Waals surface area (Å²) in [5, 5.41) is 2.97. The van der Waals surface area contributed by atoms with Crippen LogP contribution < -0.4 is 14.8 Å². The van der Waals surface area contributed by atoms with Gasteiger partial charge in [-0.25, -0.2) is 8.42 Å². The predicted molar refractivity (Wildman–Crippen MR) is 137 cm³/mol. The zero-order valence-corrected chi connectivity index (χ0v) is 21.9. The third-order valence-electron chi connectivity index (χ3n) is 6.06. The number of rotatable bonds is 12. The largest absolute Gasteiger partial charge is 0.496 e. The molecule has 2 aromatic rings. The molecule has 0 atom stereocenters. The van der Waals surface area contributed by atoms with Gasteiger partial charge in [0.1, 0.15) is 11.5 Å². The molecule has 0 radical (unpaired) electrons. The molecule has 0 unspecified atom stereocenters. The number of amides is 1. The van der Waals surface area contributed by atoms with E-state index in [0.717, 1.165) is 43.4 Å². The first-order valence-corrected chi connectivity index (χ1v) is 13.9. The number of carbonyl (C=O) groups excluding carboxylic acids is 1. The van der Waals surface area contributed by atoms with Crippen molar-refractivity contribution in [2.24, 2.45) is 0 Å². The van der Waals surface area contributed by atoms with E-state index in [1.807, 2.05) is 32.0 Å². The number of hydrogen-bond donors (Lipinski definition) is 1. The number of nitrogens with one attached hydrogen (secondary N) is 1. The Morgan fingerprint density at radius 1 is 1.06 bits per heavy atom. The van der Waals surface area contributed by atoms with Gasteiger partial charge in [-0.15, -0.1) is 0 Å². The highest BCUT2D eigenvalue weighted by atomic mass is 32.2. The number of carbonyl (C=O) groups is 1. The van der Waals surface area contributed by atoms with Gasteiger partial charge in [0.25, 0.3) is 0 Å². The van der Waals surface area contributed by atoms with Crippen molar-refractivity contribution in [2.75, 3.05) is 26.7 Å². The average Bonchev–Trinajstić information content (AvgIpc) is 2.85. The Balaban J connectivity index is 1.50. The second-order valence-corrected chi connectivity index (χ2v) is 11.1. The number of hydrogen-bond acceptors (Lipinski definition) is 5. The highest BCUT2D eigenvalue weighted by Gasteiger charge is 2.26. The molecule has 3 rings (SSSR count). The molecule has 0 aliphatic carbocycles. The van der Waals surface area contributed by atoms with Gasteiger partial charge < -0.3 is 14.8 Å². The van der Waals surface area contributed by atoms with Crippen LogP contribution in [0.3, 0.4) is 0 Å². The number of benzene rings is 2. The van der Waals surface area contributed by atoms with Gasteiger partial charge in [0.15, 0.2) is 0 Å². The Bertz CT molecular complexity index is 1080. The standard InChI is InChI=1S/C27H38N2O5S/c1-21(2)34-24-11-7-9-22(19-24)10-8-16-28-27(30)15-12-23-20-25(13-14-26(23)33-3)35(31,32)29-17-5-4-6-18-29/h7,9,11,13-14,19-21H,4-6,8,10,12,15-18H2,1-3H3,(H,28,30). The Morgan fingerprint density at radius 3 is 2.54 bits per heavy atom. The number of sulfonamides is 1. The lowest BCUT2D eigenvalue weighted by atomic mass is 10.1. The number of aryl methyl sites for hydroxylation is 2. The molecule has 35 heavy (non-hydrogen) atoms. The molecular weight excluding hydrogens is 464 g/mol. The van der Waals surface area contributed by atoms with Crippen LogP contribution in [0.5, 0.6) is 11.5 Å². The summed E-state index contributed by atoms with van der Waals surface area (Å²) >= 11 is 0. The molecular formula is C27H38N2O5S. The quantitative estimate of drug-likeness (QED) is 0.437. The van der Waals surface area contributed by atoms with E-state index in [4.69, 9.17) is 9.47 Å². The first-order valence-electron chi connectivity index (χ1n) is 12.5. The van der Waals surface area contributed by atoms with Crippen molar-refractivity contribution in [3.63, 3.8) is 0 Å². The van der Waals surface area contributed by atoms with Gasteiger partial charge in [0, 0.05) is 26.1 Å². The average molecular weight is 503 g/mol. The van der Waals surface area contributed by atoms with Crippen molar-refractivity contribution >= 4 is 15.9 Å². The van der Waals surface area contributed by atoms with Crippen LogP contribution in [0, 0.1) is 0 Å². The lowest BCUT2D eigenvalue weighted by molar-refractivity contribution is -0.121. The monoisotopic (exact) mass is 502 g/mol. The number of piperidine rings is 1. The SMILES string of the molecule is COc1ccc(S(=O)(=O)N2CCCCC2)cc1CCC(=O)NCCCc1cccc(OC(C)C)c1. The number of methoxy groups -OCH3 is 1. The van der Waals surface area contributed by atoms with Gasteiger partial charge >= 0.3 is 0 Å². The third kappa shape index (κ3) is 7.97. The van der Waals surface area contributed by atoms with Gasteiger partial charge in [-0.2, -0.15) is 4.31 Å². The summed E-state index contributed by atoms with van der Waals surface area (Å²) in [6.07, 6.45) is 5.32. The first kappa shape index (κ1) is 27.0. The molecule has 1 aliphatic rings. The zero-order chi connectivity index (χ0) is 25.3. The summed E-state index contributed by atoms with van der Waals surface area (Å²) in [5.41, 5.74) is 1.90. The lowest BCUT2D eigenvalue weighted by Gasteiger charge is -2.26. The van der Waals surface area contributed by atoms with E-state index in [-0.39, 0.29) is 23.3 Å². The second-order valence-electron chi connectivity index (χ2n) is 9.21. The van der Waals surface area contributed by atoms with E-state index < -0.39 is 10.0 Å². The maximum atomic E-state index is 13.0. The summed E-state index contributed by atoms with van der Waals surface area (Å²) in [6.45, 7) is 5.69. The summed E-state index contributed by atoms with van der Waals surface area (Å²) in [6, 6.07) is 13.0. The van der Waals surface area contributed by atoms with Crippen LogP contribution >= 0.6 is 0 Å². The van der Waals surface area contributed by atoms with Crippen molar-refractivity contribution in [2.45, 2.75) is 69.8 Å². The van der Waals surface area contributed by atoms with Gasteiger partial charge in [-0.05, 0) is 87.4 Å². The van der Waals surface area contributed by atoms with Crippen LogP contribution in [0.2, 0.25) is 0 Å². The van der Waals surface area contributed by atoms with E-state index in [9.17, 15) is 13.2 Å². The van der Waals surface area contributed by atoms with Crippen molar-refractivity contribution < 1.29 is 22.7 Å². The second kappa shape index (κ2) is 12.9. The Labute approximate surface area is 209 Å². The normalized spacial score (nSPS) is 14.6. The van der Waals surface area contributed by atoms with Crippen molar-refractivity contribution in [1.29, 1.82) is 0 Å². The smallest absolute Gasteiger partial charge is 0.243 e. The van der Waals surface area contributed by atoms with Gasteiger partial charge in [0.2, 0.25) is 15.9 Å². The van der Waals surface area contributed by atoms with Crippen LogP contribution in [0.1, 0.15) is 57.1 Å². The fourth-order valence-corrected chi connectivity index (χ4v) is 5.84. The van der Waals surface area contributed by atoms with E-state index >= 15 is 0 Å². The van der Waals surface area contributed by atoms with Crippen molar-refractivity contribution in [3.8, 4) is 11.5 Å². The third-order valence-corrected chi connectivity index (χ3v) is 7.96. The van der Waals surface area contributed by atoms with Gasteiger partial charge in [-0.1, -0.05) is 18.6 Å². The lowest BCUT2D eigenvalue weighted by Crippen LogP contribution is -2.35. The van der Waals surface area contributed by atoms with E-state index in [1.165, 1.54) is 5.56 Å². The maximum absolute atomic E-state index is 13.0. The van der Waals surface area contributed by atoms with Crippen molar-refractivity contribution in [1.82, 2.24) is 9.62 Å². The minimum Gasteiger partial charge on any atom is -0.496 e. The Morgan fingerprint density at radius 2 is 1.83 bits per heavy atom. The van der Waals surface area contributed by atoms with Crippen LogP contribution in [0.25, 0.3) is 0 Å². The highest BCUT2D eigenvalue weighted by Crippen LogP contribution is 2.27. The summed E-state index contributed by atoms with van der Waals surface area (Å²) in [4.78, 5) is 12.7. The van der Waals surface area contributed by atoms with Crippen LogP contribution in [-0.2, 0) is 27.7 Å². The van der Waals surface area contributed by atoms with Gasteiger partial charge in [-0.3, -0.25) is 4.79 Å². The molecule has 1 saturated heterocycles. The summed E-state index contributed by atoms with van der Waals surface area (Å²) in [5.74, 6) is 1.40. The first-order chi connectivity index (χ1) is 16.8. The molecule has 1 aliphatic heterocycles. The molecule has 1 N–H and O–H groups in total. The minimum atomic E-state index is -3.53. The molecule has 1 heterocycles. The fourth-order valence-electron chi connectivity index (χ4n) is 4.27. The predicted octanol–water partition coefficient (Wildman–Crippen LogP) is 4.34. The van der Waals surface area contributed by atoms with Crippen LogP contribution in [0.4, 0.5) is 0 Å². The summed E-state index contributed by atoms with van der Waals surface area (Å²) < 4.78 is 38.8. The van der Waals surface area contributed by atoms with E-state index in [2.05, 4.69) is 11.4 Å². The zero-order valence-electron chi connectivity index (χ0n) is 21.1. The Kier molecular flexibility index (Phi) is 9.98. The molecule has 192 valence electrons. The summed E-state index contributed by atoms with van der Waals surface area (Å²) in [7, 11) is -1.98. The molecule has 0 bridgehead atoms. The Hall–Kier alpha value is -2.58. The molecule has 0 spiro atoms. The van der Waals surface area contributed by atoms with Gasteiger partial charge in [0.05, 0.1) is 18.1 Å². The van der Waals surface area contributed by atoms with E-state index in [1.54, 1.807) is 29.6 Å².